The van der Waals surface area contributed by atoms with Crippen LogP contribution in [0.15, 0.2) is 18.3 Å². The van der Waals surface area contributed by atoms with Crippen molar-refractivity contribution >= 4 is 0 Å². The number of hydrogen-bond acceptors (Lipinski definition) is 2. The van der Waals surface area contributed by atoms with E-state index in [0.717, 1.165) is 6.54 Å². The minimum Gasteiger partial charge on any atom is -0.299 e. The number of pyridine rings is 1. The molecule has 1 aromatic rings. The summed E-state index contributed by atoms with van der Waals surface area (Å²) in [6.45, 7) is 3.57. The molecule has 1 radical (unpaired) electrons. The summed E-state index contributed by atoms with van der Waals surface area (Å²) < 4.78 is 0. The fourth-order valence-corrected chi connectivity index (χ4v) is 1.64. The van der Waals surface area contributed by atoms with Crippen molar-refractivity contribution in [2.75, 3.05) is 13.1 Å². The molecule has 1 aliphatic rings. The number of likely N-dealkylation sites (tertiary alicyclic amines) is 1. The predicted molar refractivity (Wildman–Crippen MR) is 47.6 cm³/mol. The highest BCUT2D eigenvalue weighted by Crippen LogP contribution is 2.11. The Kier molecular flexibility index (Phi) is 2.37. The largest absolute Gasteiger partial charge is 0.299 e. The van der Waals surface area contributed by atoms with Gasteiger partial charge in [0, 0.05) is 12.7 Å². The van der Waals surface area contributed by atoms with Crippen molar-refractivity contribution in [3.8, 4) is 0 Å². The van der Waals surface area contributed by atoms with Crippen molar-refractivity contribution in [1.82, 2.24) is 9.88 Å². The molecule has 0 aliphatic carbocycles. The van der Waals surface area contributed by atoms with Crippen LogP contribution in [-0.4, -0.2) is 23.0 Å². The van der Waals surface area contributed by atoms with Gasteiger partial charge in [0.25, 0.3) is 0 Å². The maximum atomic E-state index is 3.88. The SMILES string of the molecule is [c]1cc(CN2CCCC2)ccn1. The summed E-state index contributed by atoms with van der Waals surface area (Å²) in [5, 5.41) is 0. The van der Waals surface area contributed by atoms with Gasteiger partial charge in [-0.15, -0.1) is 0 Å². The first-order valence-electron chi connectivity index (χ1n) is 4.48. The lowest BCUT2D eigenvalue weighted by atomic mass is 10.2. The second-order valence-electron chi connectivity index (χ2n) is 3.28. The van der Waals surface area contributed by atoms with Gasteiger partial charge in [-0.3, -0.25) is 9.88 Å². The lowest BCUT2D eigenvalue weighted by molar-refractivity contribution is 0.331. The first kappa shape index (κ1) is 7.74. The highest BCUT2D eigenvalue weighted by atomic mass is 15.1. The zero-order valence-corrected chi connectivity index (χ0v) is 7.16. The molecule has 0 spiro atoms. The number of aromatic nitrogens is 1. The molecule has 0 unspecified atom stereocenters. The molecule has 0 saturated carbocycles. The molecule has 2 nitrogen and oxygen atoms in total. The van der Waals surface area contributed by atoms with E-state index in [4.69, 9.17) is 0 Å². The maximum absolute atomic E-state index is 3.88. The molecule has 2 heterocycles. The second-order valence-corrected chi connectivity index (χ2v) is 3.28. The summed E-state index contributed by atoms with van der Waals surface area (Å²) >= 11 is 0. The van der Waals surface area contributed by atoms with Crippen molar-refractivity contribution in [2.45, 2.75) is 19.4 Å². The third kappa shape index (κ3) is 1.83. The lowest BCUT2D eigenvalue weighted by Crippen LogP contribution is -2.18. The topological polar surface area (TPSA) is 16.1 Å². The zero-order chi connectivity index (χ0) is 8.23. The van der Waals surface area contributed by atoms with Crippen LogP contribution in [0.3, 0.4) is 0 Å². The minimum absolute atomic E-state index is 1.07. The average Bonchev–Trinajstić information content (AvgIpc) is 2.59. The predicted octanol–water partition coefficient (Wildman–Crippen LogP) is 1.48. The molecule has 0 aromatic carbocycles. The van der Waals surface area contributed by atoms with E-state index >= 15 is 0 Å². The third-order valence-electron chi connectivity index (χ3n) is 2.29. The lowest BCUT2D eigenvalue weighted by Gasteiger charge is -2.13. The fraction of sp³-hybridized carbons (Fsp3) is 0.500. The van der Waals surface area contributed by atoms with E-state index in [1.54, 1.807) is 0 Å². The van der Waals surface area contributed by atoms with Crippen LogP contribution in [0.25, 0.3) is 0 Å². The van der Waals surface area contributed by atoms with Gasteiger partial charge >= 0.3 is 0 Å². The average molecular weight is 161 g/mol. The maximum Gasteiger partial charge on any atom is 0.0889 e. The first-order valence-corrected chi connectivity index (χ1v) is 4.48. The van der Waals surface area contributed by atoms with E-state index < -0.39 is 0 Å². The first-order chi connectivity index (χ1) is 5.95. The van der Waals surface area contributed by atoms with Gasteiger partial charge < -0.3 is 0 Å². The third-order valence-corrected chi connectivity index (χ3v) is 2.29. The molecule has 1 saturated heterocycles. The van der Waals surface area contributed by atoms with Gasteiger partial charge in [-0.1, -0.05) is 0 Å². The molecule has 12 heavy (non-hydrogen) atoms. The second kappa shape index (κ2) is 3.68. The monoisotopic (exact) mass is 161 g/mol. The summed E-state index contributed by atoms with van der Waals surface area (Å²) in [6.07, 6.45) is 7.38. The normalized spacial score (nSPS) is 18.3. The van der Waals surface area contributed by atoms with Crippen LogP contribution in [-0.2, 0) is 6.54 Å². The van der Waals surface area contributed by atoms with E-state index in [1.807, 2.05) is 12.3 Å². The van der Waals surface area contributed by atoms with Crippen molar-refractivity contribution in [2.24, 2.45) is 0 Å². The van der Waals surface area contributed by atoms with Crippen LogP contribution in [0.4, 0.5) is 0 Å². The Labute approximate surface area is 73.2 Å². The highest BCUT2D eigenvalue weighted by molar-refractivity contribution is 5.08. The Morgan fingerprint density at radius 3 is 2.92 bits per heavy atom. The van der Waals surface area contributed by atoms with E-state index in [0.29, 0.717) is 0 Å². The molecule has 2 heteroatoms. The Balaban J connectivity index is 1.94. The summed E-state index contributed by atoms with van der Waals surface area (Å²) in [6, 6.07) is 4.03. The van der Waals surface area contributed by atoms with E-state index in [2.05, 4.69) is 22.1 Å². The Morgan fingerprint density at radius 2 is 2.25 bits per heavy atom. The van der Waals surface area contributed by atoms with Crippen LogP contribution < -0.4 is 0 Å². The minimum atomic E-state index is 1.07. The summed E-state index contributed by atoms with van der Waals surface area (Å²) in [7, 11) is 0. The van der Waals surface area contributed by atoms with Crippen LogP contribution in [0.1, 0.15) is 18.4 Å². The van der Waals surface area contributed by atoms with Crippen molar-refractivity contribution in [3.05, 3.63) is 30.1 Å². The number of rotatable bonds is 2. The van der Waals surface area contributed by atoms with Gasteiger partial charge in [0.2, 0.25) is 0 Å². The van der Waals surface area contributed by atoms with Crippen LogP contribution in [0.5, 0.6) is 0 Å². The zero-order valence-electron chi connectivity index (χ0n) is 7.16. The molecule has 0 atom stereocenters. The standard InChI is InChI=1S/C10H13N2/c1-2-8-12(7-1)9-10-3-5-11-6-4-10/h3-5H,1-2,7-9H2. The van der Waals surface area contributed by atoms with Gasteiger partial charge in [-0.25, -0.2) is 0 Å². The highest BCUT2D eigenvalue weighted by Gasteiger charge is 2.10. The Morgan fingerprint density at radius 1 is 1.42 bits per heavy atom. The Hall–Kier alpha value is -0.890. The molecule has 0 bridgehead atoms. The molecule has 2 rings (SSSR count). The molecule has 1 aromatic heterocycles. The van der Waals surface area contributed by atoms with Gasteiger partial charge in [-0.05, 0) is 43.6 Å². The van der Waals surface area contributed by atoms with Gasteiger partial charge in [0.15, 0.2) is 0 Å². The van der Waals surface area contributed by atoms with E-state index in [1.165, 1.54) is 31.5 Å². The van der Waals surface area contributed by atoms with Gasteiger partial charge in [0.1, 0.15) is 0 Å². The number of nitrogens with zero attached hydrogens (tertiary/aromatic N) is 2. The molecule has 0 amide bonds. The quantitative estimate of drug-likeness (QED) is 0.653. The van der Waals surface area contributed by atoms with Crippen LogP contribution >= 0.6 is 0 Å². The molecule has 63 valence electrons. The van der Waals surface area contributed by atoms with Crippen LogP contribution in [0.2, 0.25) is 0 Å². The molecule has 0 N–H and O–H groups in total. The summed E-state index contributed by atoms with van der Waals surface area (Å²) in [5.41, 5.74) is 1.33. The van der Waals surface area contributed by atoms with E-state index in [9.17, 15) is 0 Å². The fourth-order valence-electron chi connectivity index (χ4n) is 1.64. The van der Waals surface area contributed by atoms with Crippen molar-refractivity contribution in [1.29, 1.82) is 0 Å². The van der Waals surface area contributed by atoms with Gasteiger partial charge in [-0.2, -0.15) is 0 Å². The van der Waals surface area contributed by atoms with Gasteiger partial charge in [0.05, 0.1) is 6.20 Å². The molecular weight excluding hydrogens is 148 g/mol. The summed E-state index contributed by atoms with van der Waals surface area (Å²) in [4.78, 5) is 6.35. The van der Waals surface area contributed by atoms with E-state index in [-0.39, 0.29) is 0 Å². The smallest absolute Gasteiger partial charge is 0.0889 e. The number of hydrogen-bond donors (Lipinski definition) is 0. The van der Waals surface area contributed by atoms with Crippen molar-refractivity contribution in [3.63, 3.8) is 0 Å². The Bertz CT molecular complexity index is 227. The van der Waals surface area contributed by atoms with Crippen molar-refractivity contribution < 1.29 is 0 Å². The summed E-state index contributed by atoms with van der Waals surface area (Å²) in [5.74, 6) is 0. The molecule has 1 aliphatic heterocycles. The van der Waals surface area contributed by atoms with Crippen LogP contribution in [0, 0.1) is 6.20 Å². The molecular formula is C10H13N2. The molecule has 1 fully saturated rings.